The Bertz CT molecular complexity index is 414. The maximum absolute atomic E-state index is 12.0. The maximum Gasteiger partial charge on any atom is 0.261 e. The topological polar surface area (TPSA) is 47.0 Å². The quantitative estimate of drug-likeness (QED) is 0.709. The van der Waals surface area contributed by atoms with E-state index in [1.54, 1.807) is 0 Å². The highest BCUT2D eigenvalue weighted by Crippen LogP contribution is 2.16. The van der Waals surface area contributed by atoms with E-state index in [-0.39, 0.29) is 6.61 Å². The first-order chi connectivity index (χ1) is 9.58. The summed E-state index contributed by atoms with van der Waals surface area (Å²) in [4.78, 5) is 8.90. The average Bonchev–Trinajstić information content (AvgIpc) is 2.43. The Balaban J connectivity index is 2.69. The third kappa shape index (κ3) is 5.36. The summed E-state index contributed by atoms with van der Waals surface area (Å²) < 4.78 is 28.8. The molecule has 0 fully saturated rings. The van der Waals surface area contributed by atoms with E-state index in [1.165, 1.54) is 0 Å². The zero-order valence-electron chi connectivity index (χ0n) is 12.4. The fraction of sp³-hybridized carbons (Fsp3) is 0.714. The number of aromatic nitrogens is 2. The van der Waals surface area contributed by atoms with Crippen LogP contribution in [0.2, 0.25) is 0 Å². The van der Waals surface area contributed by atoms with Crippen LogP contribution in [-0.4, -0.2) is 36.2 Å². The molecule has 0 saturated carbocycles. The van der Waals surface area contributed by atoms with Gasteiger partial charge >= 0.3 is 0 Å². The van der Waals surface area contributed by atoms with Crippen molar-refractivity contribution >= 4 is 5.82 Å². The molecule has 0 atom stereocenters. The Morgan fingerprint density at radius 1 is 1.25 bits per heavy atom. The number of nitrogens with zero attached hydrogens (tertiary/aromatic N) is 2. The number of hydrogen-bond acceptors (Lipinski definition) is 4. The normalized spacial score (nSPS) is 11.1. The van der Waals surface area contributed by atoms with Gasteiger partial charge in [0.15, 0.2) is 0 Å². The molecular formula is C14H23F2N3O. The van der Waals surface area contributed by atoms with Gasteiger partial charge in [0, 0.05) is 24.2 Å². The van der Waals surface area contributed by atoms with Crippen LogP contribution in [0.3, 0.4) is 0 Å². The minimum atomic E-state index is -2.43. The first-order valence-electron chi connectivity index (χ1n) is 7.04. The van der Waals surface area contributed by atoms with E-state index in [9.17, 15) is 8.78 Å². The number of alkyl halides is 2. The van der Waals surface area contributed by atoms with Crippen molar-refractivity contribution < 1.29 is 13.5 Å². The molecular weight excluding hydrogens is 264 g/mol. The zero-order chi connectivity index (χ0) is 15.0. The van der Waals surface area contributed by atoms with Crippen LogP contribution in [0.4, 0.5) is 14.6 Å². The molecule has 0 radical (unpaired) electrons. The van der Waals surface area contributed by atoms with Crippen LogP contribution < -0.4 is 5.32 Å². The van der Waals surface area contributed by atoms with E-state index < -0.39 is 13.0 Å². The molecule has 1 rings (SSSR count). The summed E-state index contributed by atoms with van der Waals surface area (Å²) in [5, 5.41) is 3.27. The number of halogens is 2. The van der Waals surface area contributed by atoms with E-state index >= 15 is 0 Å². The predicted molar refractivity (Wildman–Crippen MR) is 75.5 cm³/mol. The molecule has 1 aromatic heterocycles. The lowest BCUT2D eigenvalue weighted by Crippen LogP contribution is -2.13. The van der Waals surface area contributed by atoms with E-state index in [0.717, 1.165) is 36.5 Å². The van der Waals surface area contributed by atoms with Crippen LogP contribution in [0, 0.1) is 6.92 Å². The first-order valence-corrected chi connectivity index (χ1v) is 7.04. The third-order valence-electron chi connectivity index (χ3n) is 2.88. The summed E-state index contributed by atoms with van der Waals surface area (Å²) in [6.07, 6.45) is -0.152. The van der Waals surface area contributed by atoms with E-state index in [1.807, 2.05) is 13.8 Å². The fourth-order valence-electron chi connectivity index (χ4n) is 1.82. The van der Waals surface area contributed by atoms with Crippen molar-refractivity contribution in [2.24, 2.45) is 0 Å². The van der Waals surface area contributed by atoms with Crippen molar-refractivity contribution in [1.29, 1.82) is 0 Å². The minimum Gasteiger partial charge on any atom is -0.375 e. The molecule has 6 heteroatoms. The Morgan fingerprint density at radius 2 is 2.00 bits per heavy atom. The highest BCUT2D eigenvalue weighted by atomic mass is 19.3. The van der Waals surface area contributed by atoms with Crippen LogP contribution in [0.1, 0.15) is 37.4 Å². The number of aryl methyl sites for hydroxylation is 1. The second-order valence-electron chi connectivity index (χ2n) is 4.56. The Kier molecular flexibility index (Phi) is 7.36. The number of ether oxygens (including phenoxy) is 1. The van der Waals surface area contributed by atoms with Crippen molar-refractivity contribution in [2.75, 3.05) is 25.1 Å². The molecule has 1 N–H and O–H groups in total. The van der Waals surface area contributed by atoms with Gasteiger partial charge in [-0.15, -0.1) is 0 Å². The zero-order valence-corrected chi connectivity index (χ0v) is 12.4. The molecule has 0 aromatic carbocycles. The van der Waals surface area contributed by atoms with E-state index in [0.29, 0.717) is 12.2 Å². The van der Waals surface area contributed by atoms with Crippen molar-refractivity contribution in [1.82, 2.24) is 9.97 Å². The summed E-state index contributed by atoms with van der Waals surface area (Å²) >= 11 is 0. The number of anilines is 1. The second kappa shape index (κ2) is 8.79. The lowest BCUT2D eigenvalue weighted by atomic mass is 10.2. The van der Waals surface area contributed by atoms with Crippen molar-refractivity contribution in [3.8, 4) is 0 Å². The molecule has 0 aliphatic rings. The van der Waals surface area contributed by atoms with Gasteiger partial charge in [0.1, 0.15) is 18.2 Å². The smallest absolute Gasteiger partial charge is 0.261 e. The summed E-state index contributed by atoms with van der Waals surface area (Å²) in [6, 6.07) is 0. The second-order valence-corrected chi connectivity index (χ2v) is 4.56. The van der Waals surface area contributed by atoms with Gasteiger partial charge in [-0.1, -0.05) is 13.8 Å². The number of nitrogens with one attached hydrogen (secondary N) is 1. The minimum absolute atomic E-state index is 0.212. The Morgan fingerprint density at radius 3 is 2.60 bits per heavy atom. The van der Waals surface area contributed by atoms with Gasteiger partial charge < -0.3 is 10.1 Å². The predicted octanol–water partition coefficient (Wildman–Crippen LogP) is 2.99. The number of rotatable bonds is 9. The molecule has 4 nitrogen and oxygen atoms in total. The summed E-state index contributed by atoms with van der Waals surface area (Å²) in [6.45, 7) is 6.65. The highest BCUT2D eigenvalue weighted by Gasteiger charge is 2.10. The van der Waals surface area contributed by atoms with Crippen LogP contribution in [0.5, 0.6) is 0 Å². The molecule has 0 unspecified atom stereocenters. The first kappa shape index (κ1) is 16.8. The fourth-order valence-corrected chi connectivity index (χ4v) is 1.82. The molecule has 0 aliphatic heterocycles. The average molecular weight is 287 g/mol. The van der Waals surface area contributed by atoms with Gasteiger partial charge in [-0.05, 0) is 19.8 Å². The standard InChI is InChI=1S/C14H23F2N3O/c1-4-7-17-14-10(3)11(5-2)18-13(19-14)6-8-20-9-12(15)16/h12H,4-9H2,1-3H3,(H,17,18,19). The van der Waals surface area contributed by atoms with Gasteiger partial charge in [0.2, 0.25) is 0 Å². The van der Waals surface area contributed by atoms with Gasteiger partial charge in [-0.2, -0.15) is 0 Å². The Hall–Kier alpha value is -1.30. The molecule has 1 heterocycles. The van der Waals surface area contributed by atoms with Gasteiger partial charge in [-0.25, -0.2) is 18.7 Å². The van der Waals surface area contributed by atoms with Gasteiger partial charge in [-0.3, -0.25) is 0 Å². The van der Waals surface area contributed by atoms with Gasteiger partial charge in [0.25, 0.3) is 6.43 Å². The van der Waals surface area contributed by atoms with E-state index in [4.69, 9.17) is 4.74 Å². The molecule has 0 amide bonds. The van der Waals surface area contributed by atoms with Crippen molar-refractivity contribution in [2.45, 2.75) is 46.5 Å². The molecule has 1 aromatic rings. The van der Waals surface area contributed by atoms with E-state index in [2.05, 4.69) is 22.2 Å². The van der Waals surface area contributed by atoms with Crippen LogP contribution in [-0.2, 0) is 17.6 Å². The third-order valence-corrected chi connectivity index (χ3v) is 2.88. The lowest BCUT2D eigenvalue weighted by molar-refractivity contribution is 0.0183. The van der Waals surface area contributed by atoms with Crippen LogP contribution in [0.15, 0.2) is 0 Å². The summed E-state index contributed by atoms with van der Waals surface area (Å²) in [5.74, 6) is 1.47. The van der Waals surface area contributed by atoms with Crippen LogP contribution in [0.25, 0.3) is 0 Å². The lowest BCUT2D eigenvalue weighted by Gasteiger charge is -2.13. The molecule has 20 heavy (non-hydrogen) atoms. The molecule has 0 bridgehead atoms. The number of hydrogen-bond donors (Lipinski definition) is 1. The van der Waals surface area contributed by atoms with Crippen LogP contribution >= 0.6 is 0 Å². The summed E-state index contributed by atoms with van der Waals surface area (Å²) in [5.41, 5.74) is 2.04. The molecule has 114 valence electrons. The monoisotopic (exact) mass is 287 g/mol. The van der Waals surface area contributed by atoms with Crippen molar-refractivity contribution in [3.63, 3.8) is 0 Å². The SMILES string of the molecule is CCCNc1nc(CCOCC(F)F)nc(CC)c1C. The van der Waals surface area contributed by atoms with Crippen molar-refractivity contribution in [3.05, 3.63) is 17.1 Å². The summed E-state index contributed by atoms with van der Waals surface area (Å²) in [7, 11) is 0. The largest absolute Gasteiger partial charge is 0.375 e. The molecule has 0 aliphatic carbocycles. The van der Waals surface area contributed by atoms with Gasteiger partial charge in [0.05, 0.1) is 6.61 Å². The molecule has 0 spiro atoms. The maximum atomic E-state index is 12.0. The molecule has 0 saturated heterocycles. The highest BCUT2D eigenvalue weighted by molar-refractivity contribution is 5.45. The Labute approximate surface area is 119 Å².